The minimum absolute atomic E-state index is 0.153. The van der Waals surface area contributed by atoms with Crippen LogP contribution in [0.5, 0.6) is 0 Å². The molecule has 2 heterocycles. The summed E-state index contributed by atoms with van der Waals surface area (Å²) in [5.41, 5.74) is 2.50. The fraction of sp³-hybridized carbons (Fsp3) is 0.476. The molecule has 0 bridgehead atoms. The zero-order valence-corrected chi connectivity index (χ0v) is 16.5. The van der Waals surface area contributed by atoms with Crippen LogP contribution < -0.4 is 10.6 Å². The Bertz CT molecular complexity index is 733. The van der Waals surface area contributed by atoms with Gasteiger partial charge in [-0.1, -0.05) is 29.8 Å². The van der Waals surface area contributed by atoms with Gasteiger partial charge in [0.15, 0.2) is 5.96 Å². The third kappa shape index (κ3) is 5.58. The normalized spacial score (nSPS) is 16.9. The maximum Gasteiger partial charge on any atom is 0.191 e. The van der Waals surface area contributed by atoms with Gasteiger partial charge >= 0.3 is 0 Å². The van der Waals surface area contributed by atoms with Gasteiger partial charge < -0.3 is 19.8 Å². The first-order valence-electron chi connectivity index (χ1n) is 9.54. The van der Waals surface area contributed by atoms with Crippen LogP contribution in [-0.2, 0) is 11.3 Å². The quantitative estimate of drug-likeness (QED) is 0.605. The molecule has 1 aromatic carbocycles. The van der Waals surface area contributed by atoms with Crippen LogP contribution in [0.4, 0.5) is 0 Å². The molecular formula is C21H30N4O2. The van der Waals surface area contributed by atoms with E-state index in [0.29, 0.717) is 0 Å². The van der Waals surface area contributed by atoms with Crippen molar-refractivity contribution >= 4 is 5.96 Å². The van der Waals surface area contributed by atoms with Crippen molar-refractivity contribution in [2.24, 2.45) is 4.99 Å². The molecule has 0 amide bonds. The number of aliphatic imine (C=N–C) groups is 1. The van der Waals surface area contributed by atoms with Crippen LogP contribution in [0.15, 0.2) is 45.8 Å². The van der Waals surface area contributed by atoms with Crippen LogP contribution in [0, 0.1) is 13.8 Å². The highest BCUT2D eigenvalue weighted by atomic mass is 16.5. The molecule has 1 aliphatic rings. The number of nitrogens with one attached hydrogen (secondary N) is 2. The van der Waals surface area contributed by atoms with Gasteiger partial charge in [-0.15, -0.1) is 0 Å². The fourth-order valence-electron chi connectivity index (χ4n) is 3.24. The van der Waals surface area contributed by atoms with Crippen LogP contribution in [0.2, 0.25) is 0 Å². The molecule has 146 valence electrons. The zero-order valence-electron chi connectivity index (χ0n) is 16.5. The molecule has 1 atom stereocenters. The van der Waals surface area contributed by atoms with E-state index in [1.54, 1.807) is 7.05 Å². The second kappa shape index (κ2) is 9.58. The lowest BCUT2D eigenvalue weighted by atomic mass is 10.1. The fourth-order valence-corrected chi connectivity index (χ4v) is 3.24. The molecule has 1 unspecified atom stereocenters. The summed E-state index contributed by atoms with van der Waals surface area (Å²) in [6, 6.07) is 12.8. The van der Waals surface area contributed by atoms with Gasteiger partial charge in [0.25, 0.3) is 0 Å². The molecule has 1 fully saturated rings. The van der Waals surface area contributed by atoms with Crippen molar-refractivity contribution in [1.82, 2.24) is 15.5 Å². The molecule has 0 saturated carbocycles. The summed E-state index contributed by atoms with van der Waals surface area (Å²) in [5.74, 6) is 2.71. The third-order valence-corrected chi connectivity index (χ3v) is 4.84. The Labute approximate surface area is 161 Å². The van der Waals surface area contributed by atoms with Crippen molar-refractivity contribution in [2.75, 3.05) is 39.9 Å². The molecule has 3 rings (SSSR count). The molecule has 27 heavy (non-hydrogen) atoms. The Kier molecular flexibility index (Phi) is 6.90. The number of aryl methyl sites for hydroxylation is 2. The smallest absolute Gasteiger partial charge is 0.191 e. The SMILES string of the molecule is CN=C(NCc1ccc(C)cc1)NCC(c1ccc(C)o1)N1CCOCC1. The van der Waals surface area contributed by atoms with Gasteiger partial charge in [0.2, 0.25) is 0 Å². The molecule has 1 saturated heterocycles. The Hall–Kier alpha value is -2.31. The summed E-state index contributed by atoms with van der Waals surface area (Å²) in [6.45, 7) is 8.87. The summed E-state index contributed by atoms with van der Waals surface area (Å²) in [6.07, 6.45) is 0. The monoisotopic (exact) mass is 370 g/mol. The number of morpholine rings is 1. The van der Waals surface area contributed by atoms with E-state index in [9.17, 15) is 0 Å². The Balaban J connectivity index is 1.59. The van der Waals surface area contributed by atoms with E-state index in [2.05, 4.69) is 57.8 Å². The predicted octanol–water partition coefficient (Wildman–Crippen LogP) is 2.63. The number of rotatable bonds is 6. The Morgan fingerprint density at radius 3 is 2.44 bits per heavy atom. The van der Waals surface area contributed by atoms with E-state index in [1.807, 2.05) is 13.0 Å². The number of benzene rings is 1. The van der Waals surface area contributed by atoms with E-state index >= 15 is 0 Å². The molecule has 2 N–H and O–H groups in total. The van der Waals surface area contributed by atoms with Gasteiger partial charge in [-0.05, 0) is 31.5 Å². The number of hydrogen-bond acceptors (Lipinski definition) is 4. The summed E-state index contributed by atoms with van der Waals surface area (Å²) in [7, 11) is 1.80. The Morgan fingerprint density at radius 1 is 1.07 bits per heavy atom. The van der Waals surface area contributed by atoms with Crippen LogP contribution in [0.3, 0.4) is 0 Å². The summed E-state index contributed by atoms with van der Waals surface area (Å²) in [4.78, 5) is 6.76. The molecule has 1 aromatic heterocycles. The van der Waals surface area contributed by atoms with Gasteiger partial charge in [-0.3, -0.25) is 9.89 Å². The maximum absolute atomic E-state index is 5.92. The second-order valence-electron chi connectivity index (χ2n) is 6.90. The van der Waals surface area contributed by atoms with E-state index in [4.69, 9.17) is 9.15 Å². The first-order chi connectivity index (χ1) is 13.2. The molecule has 0 aliphatic carbocycles. The zero-order chi connectivity index (χ0) is 19.1. The second-order valence-corrected chi connectivity index (χ2v) is 6.90. The van der Waals surface area contributed by atoms with Gasteiger partial charge in [-0.25, -0.2) is 0 Å². The predicted molar refractivity (Wildman–Crippen MR) is 108 cm³/mol. The average Bonchev–Trinajstić information content (AvgIpc) is 3.12. The lowest BCUT2D eigenvalue weighted by Crippen LogP contribution is -2.46. The van der Waals surface area contributed by atoms with Gasteiger partial charge in [0.1, 0.15) is 11.5 Å². The van der Waals surface area contributed by atoms with Gasteiger partial charge in [0.05, 0.1) is 19.3 Å². The third-order valence-electron chi connectivity index (χ3n) is 4.84. The molecule has 6 nitrogen and oxygen atoms in total. The number of ether oxygens (including phenoxy) is 1. The lowest BCUT2D eigenvalue weighted by molar-refractivity contribution is 0.0124. The highest BCUT2D eigenvalue weighted by molar-refractivity contribution is 5.79. The van der Waals surface area contributed by atoms with Crippen LogP contribution in [0.25, 0.3) is 0 Å². The highest BCUT2D eigenvalue weighted by Gasteiger charge is 2.25. The van der Waals surface area contributed by atoms with E-state index in [-0.39, 0.29) is 6.04 Å². The van der Waals surface area contributed by atoms with Crippen LogP contribution >= 0.6 is 0 Å². The summed E-state index contributed by atoms with van der Waals surface area (Å²) >= 11 is 0. The molecular weight excluding hydrogens is 340 g/mol. The van der Waals surface area contributed by atoms with Crippen molar-refractivity contribution in [1.29, 1.82) is 0 Å². The lowest BCUT2D eigenvalue weighted by Gasteiger charge is -2.33. The minimum atomic E-state index is 0.153. The molecule has 1 aliphatic heterocycles. The first kappa shape index (κ1) is 19.5. The summed E-state index contributed by atoms with van der Waals surface area (Å²) in [5, 5.41) is 6.84. The van der Waals surface area contributed by atoms with Gasteiger partial charge in [-0.2, -0.15) is 0 Å². The van der Waals surface area contributed by atoms with E-state index in [1.165, 1.54) is 11.1 Å². The van der Waals surface area contributed by atoms with E-state index < -0.39 is 0 Å². The van der Waals surface area contributed by atoms with Crippen molar-refractivity contribution in [2.45, 2.75) is 26.4 Å². The topological polar surface area (TPSA) is 62.0 Å². The number of nitrogens with zero attached hydrogens (tertiary/aromatic N) is 2. The number of hydrogen-bond donors (Lipinski definition) is 2. The number of guanidine groups is 1. The van der Waals surface area contributed by atoms with Crippen LogP contribution in [0.1, 0.15) is 28.7 Å². The van der Waals surface area contributed by atoms with E-state index in [0.717, 1.165) is 56.9 Å². The number of furan rings is 1. The summed E-state index contributed by atoms with van der Waals surface area (Å²) < 4.78 is 11.4. The Morgan fingerprint density at radius 2 is 1.81 bits per heavy atom. The van der Waals surface area contributed by atoms with Crippen molar-refractivity contribution in [3.8, 4) is 0 Å². The first-order valence-corrected chi connectivity index (χ1v) is 9.54. The minimum Gasteiger partial charge on any atom is -0.465 e. The van der Waals surface area contributed by atoms with Crippen molar-refractivity contribution in [3.63, 3.8) is 0 Å². The highest BCUT2D eigenvalue weighted by Crippen LogP contribution is 2.23. The van der Waals surface area contributed by atoms with Gasteiger partial charge in [0, 0.05) is 33.2 Å². The molecule has 6 heteroatoms. The van der Waals surface area contributed by atoms with Crippen molar-refractivity contribution in [3.05, 3.63) is 59.0 Å². The molecule has 0 spiro atoms. The maximum atomic E-state index is 5.92. The average molecular weight is 370 g/mol. The standard InChI is InChI=1S/C21H30N4O2/c1-16-4-7-18(8-5-16)14-23-21(22-3)24-15-19(20-9-6-17(2)27-20)25-10-12-26-13-11-25/h4-9,19H,10-15H2,1-3H3,(H2,22,23,24). The largest absolute Gasteiger partial charge is 0.465 e. The van der Waals surface area contributed by atoms with Crippen molar-refractivity contribution < 1.29 is 9.15 Å². The van der Waals surface area contributed by atoms with Crippen LogP contribution in [-0.4, -0.2) is 50.8 Å². The molecule has 0 radical (unpaired) electrons. The molecule has 2 aromatic rings.